The average molecular weight is 374 g/mol. The van der Waals surface area contributed by atoms with Crippen LogP contribution in [0.5, 0.6) is 0 Å². The van der Waals surface area contributed by atoms with Crippen molar-refractivity contribution in [1.29, 1.82) is 0 Å². The molecule has 0 bridgehead atoms. The Morgan fingerprint density at radius 1 is 1.07 bits per heavy atom. The summed E-state index contributed by atoms with van der Waals surface area (Å²) in [6.07, 6.45) is 1.40. The number of carbonyl (C=O) groups excluding carboxylic acids is 1. The number of hydrogen-bond donors (Lipinski definition) is 0. The number of nitrogens with zero attached hydrogens (tertiary/aromatic N) is 2. The van der Waals surface area contributed by atoms with Crippen molar-refractivity contribution in [1.82, 2.24) is 10.1 Å². The summed E-state index contributed by atoms with van der Waals surface area (Å²) in [6.45, 7) is 9.91. The molecule has 3 rings (SSSR count). The lowest BCUT2D eigenvalue weighted by Gasteiger charge is -2.43. The maximum atomic E-state index is 13.5. The molecular formula is C21H30N2O4. The Kier molecular flexibility index (Phi) is 5.60. The Labute approximate surface area is 161 Å². The Hall–Kier alpha value is -1.89. The van der Waals surface area contributed by atoms with Gasteiger partial charge in [-0.2, -0.15) is 5.06 Å². The van der Waals surface area contributed by atoms with Crippen molar-refractivity contribution in [2.24, 2.45) is 0 Å². The van der Waals surface area contributed by atoms with E-state index in [2.05, 4.69) is 19.1 Å². The number of amides is 1. The maximum absolute atomic E-state index is 13.5. The fraction of sp³-hybridized carbons (Fsp3) is 0.571. The summed E-state index contributed by atoms with van der Waals surface area (Å²) in [5.41, 5.74) is 4.34. The molecule has 0 aliphatic carbocycles. The largest absolute Gasteiger partial charge is 0.498 e. The molecule has 1 amide bonds. The first-order valence-electron chi connectivity index (χ1n) is 9.53. The van der Waals surface area contributed by atoms with Crippen LogP contribution in [0.15, 0.2) is 17.9 Å². The zero-order chi connectivity index (χ0) is 19.8. The van der Waals surface area contributed by atoms with Gasteiger partial charge in [0.15, 0.2) is 0 Å². The number of carbonyl (C=O) groups is 1. The zero-order valence-corrected chi connectivity index (χ0v) is 17.2. The van der Waals surface area contributed by atoms with Crippen molar-refractivity contribution in [3.63, 3.8) is 0 Å². The number of hydroxylamine groups is 4. The summed E-state index contributed by atoms with van der Waals surface area (Å²) in [7, 11) is 3.33. The van der Waals surface area contributed by atoms with E-state index in [1.807, 2.05) is 25.8 Å². The van der Waals surface area contributed by atoms with Crippen LogP contribution in [0.2, 0.25) is 0 Å². The highest BCUT2D eigenvalue weighted by atomic mass is 16.7. The molecule has 1 aromatic rings. The molecule has 2 aliphatic rings. The lowest BCUT2D eigenvalue weighted by atomic mass is 9.84. The SMILES string of the molecule is CCON1C(=O)C(c2c(C)cc(C)cc2C)=C(OC)C12CCN(OC)CC2. The average Bonchev–Trinajstić information content (AvgIpc) is 2.84. The smallest absolute Gasteiger partial charge is 0.282 e. The molecule has 0 atom stereocenters. The van der Waals surface area contributed by atoms with Crippen LogP contribution < -0.4 is 0 Å². The third kappa shape index (κ3) is 3.16. The Balaban J connectivity index is 2.17. The van der Waals surface area contributed by atoms with Gasteiger partial charge in [0.2, 0.25) is 0 Å². The standard InChI is InChI=1S/C21H30N2O4/c1-7-27-23-20(24)18(17-15(3)12-14(2)13-16(17)4)19(25-5)21(23)8-10-22(26-6)11-9-21/h12-13H,7-11H2,1-6H3. The van der Waals surface area contributed by atoms with Crippen molar-refractivity contribution in [2.75, 3.05) is 33.9 Å². The van der Waals surface area contributed by atoms with E-state index >= 15 is 0 Å². The molecule has 0 N–H and O–H groups in total. The second-order valence-electron chi connectivity index (χ2n) is 7.34. The summed E-state index contributed by atoms with van der Waals surface area (Å²) >= 11 is 0. The second kappa shape index (κ2) is 7.62. The number of aryl methyl sites for hydroxylation is 3. The molecule has 2 aliphatic heterocycles. The molecule has 1 aromatic carbocycles. The number of rotatable bonds is 5. The van der Waals surface area contributed by atoms with Gasteiger partial charge in [0.1, 0.15) is 11.3 Å². The molecule has 1 fully saturated rings. The van der Waals surface area contributed by atoms with Gasteiger partial charge in [-0.05, 0) is 57.2 Å². The molecule has 6 nitrogen and oxygen atoms in total. The molecule has 1 spiro atoms. The van der Waals surface area contributed by atoms with Crippen molar-refractivity contribution in [2.45, 2.75) is 46.1 Å². The summed E-state index contributed by atoms with van der Waals surface area (Å²) in [6, 6.07) is 4.22. The van der Waals surface area contributed by atoms with E-state index in [9.17, 15) is 4.79 Å². The van der Waals surface area contributed by atoms with E-state index in [4.69, 9.17) is 14.4 Å². The quantitative estimate of drug-likeness (QED) is 0.792. The number of benzene rings is 1. The van der Waals surface area contributed by atoms with Crippen molar-refractivity contribution >= 4 is 11.5 Å². The summed E-state index contributed by atoms with van der Waals surface area (Å²) < 4.78 is 5.91. The highest BCUT2D eigenvalue weighted by Gasteiger charge is 2.56. The molecule has 148 valence electrons. The predicted molar refractivity (Wildman–Crippen MR) is 104 cm³/mol. The molecule has 0 radical (unpaired) electrons. The lowest BCUT2D eigenvalue weighted by molar-refractivity contribution is -0.231. The van der Waals surface area contributed by atoms with Crippen LogP contribution >= 0.6 is 0 Å². The Morgan fingerprint density at radius 3 is 2.15 bits per heavy atom. The first-order chi connectivity index (χ1) is 12.9. The monoisotopic (exact) mass is 374 g/mol. The lowest BCUT2D eigenvalue weighted by Crippen LogP contribution is -2.55. The van der Waals surface area contributed by atoms with Gasteiger partial charge in [-0.3, -0.25) is 9.63 Å². The molecule has 0 unspecified atom stereocenters. The third-order valence-corrected chi connectivity index (χ3v) is 5.63. The predicted octanol–water partition coefficient (Wildman–Crippen LogP) is 3.16. The molecule has 2 heterocycles. The first-order valence-corrected chi connectivity index (χ1v) is 9.53. The van der Waals surface area contributed by atoms with Gasteiger partial charge >= 0.3 is 0 Å². The van der Waals surface area contributed by atoms with Crippen LogP contribution in [0.25, 0.3) is 5.57 Å². The van der Waals surface area contributed by atoms with Crippen LogP contribution in [0, 0.1) is 20.8 Å². The highest BCUT2D eigenvalue weighted by molar-refractivity contribution is 6.23. The Morgan fingerprint density at radius 2 is 1.67 bits per heavy atom. The number of piperidine rings is 1. The fourth-order valence-corrected chi connectivity index (χ4v) is 4.58. The topological polar surface area (TPSA) is 51.2 Å². The van der Waals surface area contributed by atoms with Crippen molar-refractivity contribution in [3.05, 3.63) is 40.1 Å². The maximum Gasteiger partial charge on any atom is 0.282 e. The Bertz CT molecular complexity index is 740. The normalized spacial score (nSPS) is 20.1. The number of ether oxygens (including phenoxy) is 1. The van der Waals surface area contributed by atoms with Crippen LogP contribution in [-0.2, 0) is 19.2 Å². The minimum absolute atomic E-state index is 0.116. The summed E-state index contributed by atoms with van der Waals surface area (Å²) in [5.74, 6) is 0.598. The van der Waals surface area contributed by atoms with Gasteiger partial charge in [0.25, 0.3) is 5.91 Å². The number of hydrogen-bond acceptors (Lipinski definition) is 5. The van der Waals surface area contributed by atoms with E-state index in [0.29, 0.717) is 43.9 Å². The minimum Gasteiger partial charge on any atom is -0.498 e. The van der Waals surface area contributed by atoms with Crippen LogP contribution in [0.4, 0.5) is 0 Å². The van der Waals surface area contributed by atoms with Gasteiger partial charge in [-0.25, -0.2) is 5.06 Å². The van der Waals surface area contributed by atoms with Gasteiger partial charge in [0.05, 0.1) is 26.4 Å². The molecule has 0 aromatic heterocycles. The van der Waals surface area contributed by atoms with Gasteiger partial charge in [-0.15, -0.1) is 0 Å². The summed E-state index contributed by atoms with van der Waals surface area (Å²) in [5, 5.41) is 3.47. The fourth-order valence-electron chi connectivity index (χ4n) is 4.58. The highest BCUT2D eigenvalue weighted by Crippen LogP contribution is 2.47. The summed E-state index contributed by atoms with van der Waals surface area (Å²) in [4.78, 5) is 24.7. The third-order valence-electron chi connectivity index (χ3n) is 5.63. The van der Waals surface area contributed by atoms with E-state index in [1.54, 1.807) is 19.3 Å². The van der Waals surface area contributed by atoms with Crippen LogP contribution in [-0.4, -0.2) is 55.5 Å². The second-order valence-corrected chi connectivity index (χ2v) is 7.34. The minimum atomic E-state index is -0.587. The van der Waals surface area contributed by atoms with Crippen LogP contribution in [0.1, 0.15) is 42.0 Å². The van der Waals surface area contributed by atoms with Gasteiger partial charge in [0, 0.05) is 13.1 Å². The number of methoxy groups -OCH3 is 1. The van der Waals surface area contributed by atoms with E-state index in [0.717, 1.165) is 16.7 Å². The van der Waals surface area contributed by atoms with Crippen LogP contribution in [0.3, 0.4) is 0 Å². The molecule has 0 saturated carbocycles. The first kappa shape index (κ1) is 19.9. The van der Waals surface area contributed by atoms with Crippen molar-refractivity contribution in [3.8, 4) is 0 Å². The van der Waals surface area contributed by atoms with Gasteiger partial charge in [-0.1, -0.05) is 17.7 Å². The molecule has 27 heavy (non-hydrogen) atoms. The zero-order valence-electron chi connectivity index (χ0n) is 17.2. The van der Waals surface area contributed by atoms with E-state index in [1.165, 1.54) is 5.56 Å². The van der Waals surface area contributed by atoms with E-state index < -0.39 is 5.54 Å². The molecular weight excluding hydrogens is 344 g/mol. The van der Waals surface area contributed by atoms with Crippen molar-refractivity contribution < 1.29 is 19.2 Å². The molecule has 1 saturated heterocycles. The van der Waals surface area contributed by atoms with Gasteiger partial charge < -0.3 is 9.57 Å². The van der Waals surface area contributed by atoms with E-state index in [-0.39, 0.29) is 5.91 Å². The molecule has 6 heteroatoms.